The zero-order valence-electron chi connectivity index (χ0n) is 17.9. The molecule has 4 rings (SSSR count). The Labute approximate surface area is 182 Å². The average Bonchev–Trinajstić information content (AvgIpc) is 3.39. The molecule has 0 saturated heterocycles. The normalized spacial score (nSPS) is 14.8. The molecule has 1 aliphatic carbocycles. The van der Waals surface area contributed by atoms with Crippen LogP contribution in [-0.2, 0) is 4.79 Å². The fourth-order valence-electron chi connectivity index (χ4n) is 4.34. The number of thioether (sulfide) groups is 1. The summed E-state index contributed by atoms with van der Waals surface area (Å²) in [6, 6.07) is 8.17. The van der Waals surface area contributed by atoms with Crippen molar-refractivity contribution in [2.45, 2.75) is 63.9 Å². The number of carbonyl (C=O) groups is 1. The van der Waals surface area contributed by atoms with E-state index in [4.69, 9.17) is 0 Å². The van der Waals surface area contributed by atoms with E-state index in [0.717, 1.165) is 40.6 Å². The number of nitrogens with one attached hydrogen (secondary N) is 1. The van der Waals surface area contributed by atoms with E-state index in [1.165, 1.54) is 36.6 Å². The molecule has 0 atom stereocenters. The van der Waals surface area contributed by atoms with E-state index in [-0.39, 0.29) is 11.7 Å². The Morgan fingerprint density at radius 3 is 2.40 bits per heavy atom. The molecule has 0 spiro atoms. The van der Waals surface area contributed by atoms with Gasteiger partial charge in [0.05, 0.1) is 5.75 Å². The Kier molecular flexibility index (Phi) is 6.27. The standard InChI is InChI=1S/C23H29N5OS/c1-16-13-17(2)21(18(3)14-16)24-20(29)15-30-23-26-25-22(19-9-5-4-6-10-19)28(23)27-11-7-8-12-27/h7-8,11-14,19H,4-6,9-10,15H2,1-3H3,(H,24,29). The van der Waals surface area contributed by atoms with E-state index in [1.54, 1.807) is 0 Å². The highest BCUT2D eigenvalue weighted by atomic mass is 32.2. The van der Waals surface area contributed by atoms with Crippen molar-refractivity contribution in [2.24, 2.45) is 0 Å². The van der Waals surface area contributed by atoms with Gasteiger partial charge in [-0.2, -0.15) is 0 Å². The molecule has 1 N–H and O–H groups in total. The van der Waals surface area contributed by atoms with Crippen molar-refractivity contribution >= 4 is 23.4 Å². The molecule has 1 amide bonds. The summed E-state index contributed by atoms with van der Waals surface area (Å²) in [5, 5.41) is 12.8. The second-order valence-corrected chi connectivity index (χ2v) is 9.10. The van der Waals surface area contributed by atoms with Crippen LogP contribution in [0.3, 0.4) is 0 Å². The smallest absolute Gasteiger partial charge is 0.234 e. The molecule has 158 valence electrons. The zero-order chi connectivity index (χ0) is 21.1. The van der Waals surface area contributed by atoms with Crippen LogP contribution in [0.1, 0.15) is 60.5 Å². The van der Waals surface area contributed by atoms with Gasteiger partial charge in [-0.1, -0.05) is 48.7 Å². The van der Waals surface area contributed by atoms with E-state index >= 15 is 0 Å². The summed E-state index contributed by atoms with van der Waals surface area (Å²) in [4.78, 5) is 12.7. The van der Waals surface area contributed by atoms with Crippen LogP contribution >= 0.6 is 11.8 Å². The van der Waals surface area contributed by atoms with Gasteiger partial charge >= 0.3 is 0 Å². The molecular weight excluding hydrogens is 394 g/mol. The first-order valence-electron chi connectivity index (χ1n) is 10.6. The van der Waals surface area contributed by atoms with Crippen LogP contribution in [0.15, 0.2) is 41.8 Å². The number of carbonyl (C=O) groups excluding carboxylic acids is 1. The lowest BCUT2D eigenvalue weighted by Gasteiger charge is -2.22. The second-order valence-electron chi connectivity index (χ2n) is 8.16. The fourth-order valence-corrected chi connectivity index (χ4v) is 5.08. The molecule has 7 heteroatoms. The Morgan fingerprint density at radius 2 is 1.73 bits per heavy atom. The van der Waals surface area contributed by atoms with Crippen molar-refractivity contribution < 1.29 is 4.79 Å². The lowest BCUT2D eigenvalue weighted by molar-refractivity contribution is -0.113. The third-order valence-electron chi connectivity index (χ3n) is 5.70. The maximum atomic E-state index is 12.7. The largest absolute Gasteiger partial charge is 0.325 e. The van der Waals surface area contributed by atoms with Gasteiger partial charge in [0.2, 0.25) is 11.1 Å². The van der Waals surface area contributed by atoms with Gasteiger partial charge in [-0.25, -0.2) is 4.68 Å². The minimum absolute atomic E-state index is 0.0312. The molecule has 0 aliphatic heterocycles. The van der Waals surface area contributed by atoms with Crippen molar-refractivity contribution in [1.29, 1.82) is 0 Å². The number of hydrogen-bond acceptors (Lipinski definition) is 4. The maximum Gasteiger partial charge on any atom is 0.234 e. The summed E-state index contributed by atoms with van der Waals surface area (Å²) < 4.78 is 4.08. The van der Waals surface area contributed by atoms with Crippen LogP contribution in [0.2, 0.25) is 0 Å². The predicted octanol–water partition coefficient (Wildman–Crippen LogP) is 5.09. The number of benzene rings is 1. The number of rotatable bonds is 6. The van der Waals surface area contributed by atoms with Gasteiger partial charge in [0.1, 0.15) is 0 Å². The van der Waals surface area contributed by atoms with Gasteiger partial charge in [0.15, 0.2) is 5.82 Å². The van der Waals surface area contributed by atoms with Crippen LogP contribution in [0.25, 0.3) is 0 Å². The van der Waals surface area contributed by atoms with E-state index in [0.29, 0.717) is 5.92 Å². The van der Waals surface area contributed by atoms with Gasteiger partial charge in [-0.15, -0.1) is 10.2 Å². The molecule has 30 heavy (non-hydrogen) atoms. The zero-order valence-corrected chi connectivity index (χ0v) is 18.7. The number of nitrogens with zero attached hydrogens (tertiary/aromatic N) is 4. The molecule has 1 aromatic carbocycles. The summed E-state index contributed by atoms with van der Waals surface area (Å²) >= 11 is 1.43. The maximum absolute atomic E-state index is 12.7. The molecule has 1 fully saturated rings. The number of amides is 1. The molecule has 2 aromatic heterocycles. The van der Waals surface area contributed by atoms with Gasteiger partial charge < -0.3 is 5.32 Å². The van der Waals surface area contributed by atoms with Gasteiger partial charge in [-0.3, -0.25) is 9.47 Å². The minimum Gasteiger partial charge on any atom is -0.325 e. The fraction of sp³-hybridized carbons (Fsp3) is 0.435. The predicted molar refractivity (Wildman–Crippen MR) is 121 cm³/mol. The number of aromatic nitrogens is 4. The van der Waals surface area contributed by atoms with Crippen molar-refractivity contribution in [3.63, 3.8) is 0 Å². The third-order valence-corrected chi connectivity index (χ3v) is 6.62. The Hall–Kier alpha value is -2.54. The average molecular weight is 424 g/mol. The first kappa shape index (κ1) is 20.7. The Balaban J connectivity index is 1.51. The highest BCUT2D eigenvalue weighted by molar-refractivity contribution is 7.99. The Morgan fingerprint density at radius 1 is 1.07 bits per heavy atom. The lowest BCUT2D eigenvalue weighted by atomic mass is 9.89. The van der Waals surface area contributed by atoms with Gasteiger partial charge in [0.25, 0.3) is 0 Å². The third kappa shape index (κ3) is 4.46. The van der Waals surface area contributed by atoms with E-state index in [1.807, 2.05) is 43.0 Å². The summed E-state index contributed by atoms with van der Waals surface area (Å²) in [5.41, 5.74) is 4.27. The first-order valence-corrected chi connectivity index (χ1v) is 11.6. The monoisotopic (exact) mass is 423 g/mol. The number of aryl methyl sites for hydroxylation is 3. The Bertz CT molecular complexity index is 995. The molecule has 2 heterocycles. The minimum atomic E-state index is -0.0312. The molecular formula is C23H29N5OS. The first-order chi connectivity index (χ1) is 14.5. The van der Waals surface area contributed by atoms with Crippen LogP contribution in [0.4, 0.5) is 5.69 Å². The molecule has 1 saturated carbocycles. The second kappa shape index (κ2) is 9.08. The van der Waals surface area contributed by atoms with Crippen molar-refractivity contribution in [2.75, 3.05) is 11.1 Å². The highest BCUT2D eigenvalue weighted by Gasteiger charge is 2.24. The number of hydrogen-bond donors (Lipinski definition) is 1. The summed E-state index contributed by atoms with van der Waals surface area (Å²) in [5.74, 6) is 1.68. The summed E-state index contributed by atoms with van der Waals surface area (Å²) in [6.45, 7) is 6.13. The summed E-state index contributed by atoms with van der Waals surface area (Å²) in [7, 11) is 0. The molecule has 6 nitrogen and oxygen atoms in total. The van der Waals surface area contributed by atoms with Crippen molar-refractivity contribution in [3.8, 4) is 0 Å². The van der Waals surface area contributed by atoms with Crippen LogP contribution < -0.4 is 5.32 Å². The van der Waals surface area contributed by atoms with Crippen LogP contribution in [0, 0.1) is 20.8 Å². The molecule has 0 bridgehead atoms. The molecule has 1 aliphatic rings. The van der Waals surface area contributed by atoms with E-state index in [9.17, 15) is 4.79 Å². The molecule has 3 aromatic rings. The van der Waals surface area contributed by atoms with Crippen molar-refractivity contribution in [1.82, 2.24) is 19.5 Å². The highest BCUT2D eigenvalue weighted by Crippen LogP contribution is 2.33. The topological polar surface area (TPSA) is 64.7 Å². The van der Waals surface area contributed by atoms with Crippen LogP contribution in [0.5, 0.6) is 0 Å². The lowest BCUT2D eigenvalue weighted by Crippen LogP contribution is -2.19. The number of anilines is 1. The summed E-state index contributed by atoms with van der Waals surface area (Å²) in [6.07, 6.45) is 10.1. The SMILES string of the molecule is Cc1cc(C)c(NC(=O)CSc2nnc(C3CCCCC3)n2-n2cccc2)c(C)c1. The van der Waals surface area contributed by atoms with E-state index < -0.39 is 0 Å². The molecule has 0 unspecified atom stereocenters. The van der Waals surface area contributed by atoms with Crippen LogP contribution in [-0.4, -0.2) is 31.2 Å². The van der Waals surface area contributed by atoms with E-state index in [2.05, 4.69) is 39.2 Å². The van der Waals surface area contributed by atoms with Crippen molar-refractivity contribution in [3.05, 3.63) is 59.2 Å². The quantitative estimate of drug-likeness (QED) is 0.561. The van der Waals surface area contributed by atoms with Gasteiger partial charge in [-0.05, 0) is 56.9 Å². The molecule has 0 radical (unpaired) electrons. The van der Waals surface area contributed by atoms with Gasteiger partial charge in [0, 0.05) is 24.0 Å².